The Morgan fingerprint density at radius 2 is 2.05 bits per heavy atom. The van der Waals surface area contributed by atoms with E-state index in [0.717, 1.165) is 22.5 Å². The number of aryl methyl sites for hydroxylation is 1. The predicted octanol–water partition coefficient (Wildman–Crippen LogP) is 5.43. The number of thiophene rings is 1. The molecule has 4 heteroatoms. The average Bonchev–Trinajstić information content (AvgIpc) is 2.88. The summed E-state index contributed by atoms with van der Waals surface area (Å²) in [7, 11) is 0. The van der Waals surface area contributed by atoms with E-state index in [9.17, 15) is 0 Å². The summed E-state index contributed by atoms with van der Waals surface area (Å²) in [6.07, 6.45) is 1.09. The second-order valence-corrected chi connectivity index (χ2v) is 6.78. The quantitative estimate of drug-likeness (QED) is 0.752. The molecular weight excluding hydrogens is 342 g/mol. The lowest BCUT2D eigenvalue weighted by molar-refractivity contribution is 0.639. The van der Waals surface area contributed by atoms with Crippen molar-refractivity contribution in [2.24, 2.45) is 0 Å². The highest BCUT2D eigenvalue weighted by Gasteiger charge is 2.16. The summed E-state index contributed by atoms with van der Waals surface area (Å²) in [5, 5.41) is 4.30. The van der Waals surface area contributed by atoms with Crippen LogP contribution in [0.15, 0.2) is 34.8 Å². The third-order valence-corrected chi connectivity index (χ3v) is 5.51. The molecule has 1 aromatic heterocycles. The monoisotopic (exact) mass is 357 g/mol. The minimum absolute atomic E-state index is 0.240. The van der Waals surface area contributed by atoms with Gasteiger partial charge in [0, 0.05) is 14.2 Å². The first kappa shape index (κ1) is 15.0. The zero-order valence-corrected chi connectivity index (χ0v) is 14.2. The third-order valence-electron chi connectivity index (χ3n) is 3.00. The largest absolute Gasteiger partial charge is 0.306 e. The van der Waals surface area contributed by atoms with Gasteiger partial charge in [0.25, 0.3) is 0 Å². The summed E-state index contributed by atoms with van der Waals surface area (Å²) < 4.78 is 0.946. The average molecular weight is 359 g/mol. The van der Waals surface area contributed by atoms with Crippen LogP contribution in [0, 0.1) is 0 Å². The second-order valence-electron chi connectivity index (χ2n) is 4.32. The van der Waals surface area contributed by atoms with Crippen molar-refractivity contribution < 1.29 is 0 Å². The lowest BCUT2D eigenvalue weighted by Gasteiger charge is -2.17. The summed E-state index contributed by atoms with van der Waals surface area (Å²) in [6.45, 7) is 5.26. The Balaban J connectivity index is 2.35. The lowest BCUT2D eigenvalue weighted by Crippen LogP contribution is -2.21. The van der Waals surface area contributed by atoms with E-state index in [2.05, 4.69) is 59.4 Å². The minimum atomic E-state index is 0.240. The highest BCUT2D eigenvalue weighted by atomic mass is 79.9. The van der Waals surface area contributed by atoms with E-state index >= 15 is 0 Å². The number of hydrogen-bond acceptors (Lipinski definition) is 2. The minimum Gasteiger partial charge on any atom is -0.306 e. The standard InChI is InChI=1S/C15H17BrClNS/c1-3-11-6-8-14(19-11)15(18-4-2)10-5-7-13(17)12(16)9-10/h5-9,15,18H,3-4H2,1-2H3. The molecule has 0 fully saturated rings. The summed E-state index contributed by atoms with van der Waals surface area (Å²) in [5.41, 5.74) is 1.24. The number of nitrogens with one attached hydrogen (secondary N) is 1. The normalized spacial score (nSPS) is 12.6. The second kappa shape index (κ2) is 6.89. The van der Waals surface area contributed by atoms with Gasteiger partial charge in [-0.1, -0.05) is 31.5 Å². The summed E-state index contributed by atoms with van der Waals surface area (Å²) in [4.78, 5) is 2.78. The van der Waals surface area contributed by atoms with Crippen molar-refractivity contribution in [1.82, 2.24) is 5.32 Å². The van der Waals surface area contributed by atoms with E-state index in [-0.39, 0.29) is 6.04 Å². The Bertz CT molecular complexity index is 553. The van der Waals surface area contributed by atoms with Crippen LogP contribution in [0.4, 0.5) is 0 Å². The maximum absolute atomic E-state index is 6.07. The van der Waals surface area contributed by atoms with Gasteiger partial charge in [-0.25, -0.2) is 0 Å². The number of halogens is 2. The maximum atomic E-state index is 6.07. The van der Waals surface area contributed by atoms with Crippen molar-refractivity contribution >= 4 is 38.9 Å². The van der Waals surface area contributed by atoms with Gasteiger partial charge in [-0.3, -0.25) is 0 Å². The molecule has 0 saturated heterocycles. The molecule has 19 heavy (non-hydrogen) atoms. The zero-order valence-electron chi connectivity index (χ0n) is 11.0. The van der Waals surface area contributed by atoms with Gasteiger partial charge in [0.05, 0.1) is 11.1 Å². The molecule has 2 aromatic rings. The fourth-order valence-electron chi connectivity index (χ4n) is 2.02. The van der Waals surface area contributed by atoms with E-state index in [0.29, 0.717) is 0 Å². The molecule has 1 unspecified atom stereocenters. The molecule has 0 bridgehead atoms. The van der Waals surface area contributed by atoms with Crippen LogP contribution in [0.2, 0.25) is 5.02 Å². The van der Waals surface area contributed by atoms with E-state index < -0.39 is 0 Å². The molecule has 102 valence electrons. The van der Waals surface area contributed by atoms with Crippen molar-refractivity contribution in [3.05, 3.63) is 55.1 Å². The fraction of sp³-hybridized carbons (Fsp3) is 0.333. The molecular formula is C15H17BrClNS. The SMILES string of the molecule is CCNC(c1ccc(Cl)c(Br)c1)c1ccc(CC)s1. The summed E-state index contributed by atoms with van der Waals surface area (Å²) in [5.74, 6) is 0. The van der Waals surface area contributed by atoms with Crippen LogP contribution in [0.5, 0.6) is 0 Å². The molecule has 0 saturated carbocycles. The number of hydrogen-bond donors (Lipinski definition) is 1. The van der Waals surface area contributed by atoms with E-state index in [4.69, 9.17) is 11.6 Å². The first-order chi connectivity index (χ1) is 9.15. The molecule has 1 heterocycles. The molecule has 2 rings (SSSR count). The topological polar surface area (TPSA) is 12.0 Å². The van der Waals surface area contributed by atoms with Crippen LogP contribution < -0.4 is 5.32 Å². The van der Waals surface area contributed by atoms with Crippen LogP contribution in [-0.4, -0.2) is 6.54 Å². The summed E-state index contributed by atoms with van der Waals surface area (Å²) >= 11 is 11.4. The molecule has 0 radical (unpaired) electrons. The van der Waals surface area contributed by atoms with Gasteiger partial charge in [-0.15, -0.1) is 11.3 Å². The van der Waals surface area contributed by atoms with E-state index in [1.165, 1.54) is 15.3 Å². The van der Waals surface area contributed by atoms with Crippen LogP contribution in [0.3, 0.4) is 0 Å². The van der Waals surface area contributed by atoms with Gasteiger partial charge in [0.2, 0.25) is 0 Å². The predicted molar refractivity (Wildman–Crippen MR) is 88.4 cm³/mol. The van der Waals surface area contributed by atoms with Crippen molar-refractivity contribution in [3.8, 4) is 0 Å². The van der Waals surface area contributed by atoms with Crippen molar-refractivity contribution in [3.63, 3.8) is 0 Å². The van der Waals surface area contributed by atoms with E-state index in [1.54, 1.807) is 0 Å². The molecule has 1 aromatic carbocycles. The lowest BCUT2D eigenvalue weighted by atomic mass is 10.1. The smallest absolute Gasteiger partial charge is 0.0671 e. The van der Waals surface area contributed by atoms with Crippen molar-refractivity contribution in [2.45, 2.75) is 26.3 Å². The Hall–Kier alpha value is -0.350. The number of benzene rings is 1. The molecule has 0 aliphatic carbocycles. The molecule has 0 aliphatic rings. The zero-order chi connectivity index (χ0) is 13.8. The Morgan fingerprint density at radius 3 is 2.63 bits per heavy atom. The van der Waals surface area contributed by atoms with E-state index in [1.807, 2.05) is 17.4 Å². The van der Waals surface area contributed by atoms with Crippen LogP contribution >= 0.6 is 38.9 Å². The first-order valence-corrected chi connectivity index (χ1v) is 8.41. The molecule has 1 atom stereocenters. The number of rotatable bonds is 5. The van der Waals surface area contributed by atoms with Crippen LogP contribution in [0.25, 0.3) is 0 Å². The Kier molecular flexibility index (Phi) is 5.46. The van der Waals surface area contributed by atoms with Gasteiger partial charge in [0.1, 0.15) is 0 Å². The Morgan fingerprint density at radius 1 is 1.26 bits per heavy atom. The maximum Gasteiger partial charge on any atom is 0.0671 e. The van der Waals surface area contributed by atoms with Gasteiger partial charge in [0.15, 0.2) is 0 Å². The van der Waals surface area contributed by atoms with Crippen molar-refractivity contribution in [1.29, 1.82) is 0 Å². The first-order valence-electron chi connectivity index (χ1n) is 6.42. The van der Waals surface area contributed by atoms with Gasteiger partial charge in [-0.2, -0.15) is 0 Å². The fourth-order valence-corrected chi connectivity index (χ4v) is 3.59. The van der Waals surface area contributed by atoms with Gasteiger partial charge in [-0.05, 0) is 58.7 Å². The molecule has 1 nitrogen and oxygen atoms in total. The molecule has 0 amide bonds. The van der Waals surface area contributed by atoms with Gasteiger partial charge < -0.3 is 5.32 Å². The third kappa shape index (κ3) is 3.60. The van der Waals surface area contributed by atoms with Crippen LogP contribution in [0.1, 0.15) is 35.2 Å². The van der Waals surface area contributed by atoms with Crippen LogP contribution in [-0.2, 0) is 6.42 Å². The molecule has 0 spiro atoms. The summed E-state index contributed by atoms with van der Waals surface area (Å²) in [6, 6.07) is 10.8. The van der Waals surface area contributed by atoms with Crippen molar-refractivity contribution in [2.75, 3.05) is 6.54 Å². The Labute approximate surface area is 132 Å². The molecule has 0 aliphatic heterocycles. The highest BCUT2D eigenvalue weighted by molar-refractivity contribution is 9.10. The molecule has 1 N–H and O–H groups in total. The highest BCUT2D eigenvalue weighted by Crippen LogP contribution is 2.32. The van der Waals surface area contributed by atoms with Gasteiger partial charge >= 0.3 is 0 Å².